The van der Waals surface area contributed by atoms with Crippen LogP contribution in [-0.4, -0.2) is 33.2 Å². The van der Waals surface area contributed by atoms with E-state index in [1.165, 1.54) is 36.4 Å². The Labute approximate surface area is 183 Å². The Morgan fingerprint density at radius 1 is 1.16 bits per heavy atom. The smallest absolute Gasteiger partial charge is 0.333 e. The van der Waals surface area contributed by atoms with Gasteiger partial charge < -0.3 is 10.1 Å². The van der Waals surface area contributed by atoms with Gasteiger partial charge in [0.05, 0.1) is 22.9 Å². The molecule has 0 spiro atoms. The van der Waals surface area contributed by atoms with Crippen LogP contribution in [0, 0.1) is 29.8 Å². The number of halogens is 1. The molecule has 166 valence electrons. The number of nitrogens with one attached hydrogen (secondary N) is 1. The average Bonchev–Trinajstić information content (AvgIpc) is 3.06. The molecule has 1 amide bonds. The number of ether oxygens (including phenoxy) is 1. The van der Waals surface area contributed by atoms with E-state index in [0.717, 1.165) is 0 Å². The minimum atomic E-state index is -1.16. The summed E-state index contributed by atoms with van der Waals surface area (Å²) in [6.07, 6.45) is 0. The summed E-state index contributed by atoms with van der Waals surface area (Å²) in [5, 5.41) is 17.9. The fourth-order valence-corrected chi connectivity index (χ4v) is 3.33. The van der Waals surface area contributed by atoms with E-state index < -0.39 is 28.7 Å². The maximum absolute atomic E-state index is 13.3. The van der Waals surface area contributed by atoms with E-state index in [2.05, 4.69) is 10.4 Å². The minimum Gasteiger partial charge on any atom is -0.464 e. The number of nitro groups is 1. The van der Waals surface area contributed by atoms with Crippen molar-refractivity contribution in [3.05, 3.63) is 87.0 Å². The highest BCUT2D eigenvalue weighted by atomic mass is 19.1. The maximum Gasteiger partial charge on any atom is 0.333 e. The summed E-state index contributed by atoms with van der Waals surface area (Å²) < 4.78 is 20.0. The number of aromatic nitrogens is 2. The number of non-ortho nitro benzene ring substituents is 1. The van der Waals surface area contributed by atoms with Gasteiger partial charge in [0, 0.05) is 29.0 Å². The fourth-order valence-electron chi connectivity index (χ4n) is 3.33. The number of hydrogen-bond donors (Lipinski definition) is 1. The highest BCUT2D eigenvalue weighted by molar-refractivity contribution is 5.97. The van der Waals surface area contributed by atoms with Crippen LogP contribution in [0.4, 0.5) is 10.1 Å². The summed E-state index contributed by atoms with van der Waals surface area (Å²) >= 11 is 0. The minimum absolute atomic E-state index is 0.104. The van der Waals surface area contributed by atoms with Gasteiger partial charge in [0.25, 0.3) is 11.6 Å². The third-order valence-corrected chi connectivity index (χ3v) is 4.85. The van der Waals surface area contributed by atoms with Gasteiger partial charge in [-0.1, -0.05) is 0 Å². The Kier molecular flexibility index (Phi) is 6.62. The SMILES string of the molecule is CCOC(=O)[C@@H](NC(=O)c1ccc([N+](=O)[O-])cc1)c1c(C)nn(-c2ccc(F)cc2)c1C. The molecule has 0 unspecified atom stereocenters. The predicted octanol–water partition coefficient (Wildman–Crippen LogP) is 3.57. The largest absolute Gasteiger partial charge is 0.464 e. The number of hydrogen-bond acceptors (Lipinski definition) is 6. The Bertz CT molecular complexity index is 1160. The number of esters is 1. The third kappa shape index (κ3) is 4.64. The summed E-state index contributed by atoms with van der Waals surface area (Å²) in [4.78, 5) is 35.8. The van der Waals surface area contributed by atoms with Crippen molar-refractivity contribution in [1.29, 1.82) is 0 Å². The lowest BCUT2D eigenvalue weighted by Gasteiger charge is -2.18. The third-order valence-electron chi connectivity index (χ3n) is 4.85. The Hall–Kier alpha value is -4.08. The first-order valence-corrected chi connectivity index (χ1v) is 9.77. The monoisotopic (exact) mass is 440 g/mol. The van der Waals surface area contributed by atoms with Gasteiger partial charge in [0.15, 0.2) is 6.04 Å². The second kappa shape index (κ2) is 9.38. The lowest BCUT2D eigenvalue weighted by atomic mass is 10.0. The number of aryl methyl sites for hydroxylation is 1. The van der Waals surface area contributed by atoms with Crippen LogP contribution in [0.15, 0.2) is 48.5 Å². The van der Waals surface area contributed by atoms with Gasteiger partial charge in [-0.25, -0.2) is 13.9 Å². The molecule has 2 aromatic carbocycles. The van der Waals surface area contributed by atoms with Crippen LogP contribution in [0.25, 0.3) is 5.69 Å². The molecule has 9 nitrogen and oxygen atoms in total. The van der Waals surface area contributed by atoms with Crippen LogP contribution in [0.5, 0.6) is 0 Å². The molecule has 0 saturated carbocycles. The molecule has 0 bridgehead atoms. The Morgan fingerprint density at radius 3 is 2.34 bits per heavy atom. The summed E-state index contributed by atoms with van der Waals surface area (Å²) in [6.45, 7) is 5.16. The van der Waals surface area contributed by atoms with E-state index in [1.54, 1.807) is 37.6 Å². The average molecular weight is 440 g/mol. The van der Waals surface area contributed by atoms with Crippen molar-refractivity contribution < 1.29 is 23.6 Å². The second-order valence-electron chi connectivity index (χ2n) is 6.94. The number of nitrogens with zero attached hydrogens (tertiary/aromatic N) is 3. The van der Waals surface area contributed by atoms with Gasteiger partial charge in [-0.3, -0.25) is 14.9 Å². The summed E-state index contributed by atoms with van der Waals surface area (Å²) in [7, 11) is 0. The van der Waals surface area contributed by atoms with Gasteiger partial charge in [0.2, 0.25) is 0 Å². The number of amides is 1. The molecule has 1 heterocycles. The van der Waals surface area contributed by atoms with Crippen molar-refractivity contribution in [3.63, 3.8) is 0 Å². The molecule has 1 aromatic heterocycles. The van der Waals surface area contributed by atoms with Crippen molar-refractivity contribution in [3.8, 4) is 5.69 Å². The molecular weight excluding hydrogens is 419 g/mol. The highest BCUT2D eigenvalue weighted by Crippen LogP contribution is 2.26. The zero-order valence-corrected chi connectivity index (χ0v) is 17.7. The van der Waals surface area contributed by atoms with Crippen LogP contribution >= 0.6 is 0 Å². The van der Waals surface area contributed by atoms with E-state index in [0.29, 0.717) is 22.6 Å². The zero-order valence-electron chi connectivity index (χ0n) is 17.7. The van der Waals surface area contributed by atoms with Crippen LogP contribution in [0.3, 0.4) is 0 Å². The number of carbonyl (C=O) groups is 2. The van der Waals surface area contributed by atoms with Crippen LogP contribution < -0.4 is 5.32 Å². The lowest BCUT2D eigenvalue weighted by molar-refractivity contribution is -0.384. The van der Waals surface area contributed by atoms with Crippen molar-refractivity contribution in [2.45, 2.75) is 26.8 Å². The number of benzene rings is 2. The first-order valence-electron chi connectivity index (χ1n) is 9.77. The molecule has 32 heavy (non-hydrogen) atoms. The van der Waals surface area contributed by atoms with Gasteiger partial charge in [-0.15, -0.1) is 0 Å². The standard InChI is InChI=1S/C22H21FN4O5/c1-4-32-22(29)20(24-21(28)15-5-9-18(10-6-15)27(30)31)19-13(2)25-26(14(19)3)17-11-7-16(23)8-12-17/h5-12,20H,4H2,1-3H3,(H,24,28)/t20-/m0/s1. The van der Waals surface area contributed by atoms with Crippen LogP contribution in [0.1, 0.15) is 40.3 Å². The molecule has 0 aliphatic carbocycles. The first-order chi connectivity index (χ1) is 15.2. The van der Waals surface area contributed by atoms with E-state index >= 15 is 0 Å². The van der Waals surface area contributed by atoms with Crippen LogP contribution in [-0.2, 0) is 9.53 Å². The molecule has 1 N–H and O–H groups in total. The van der Waals surface area contributed by atoms with Crippen molar-refractivity contribution in [2.24, 2.45) is 0 Å². The first kappa shape index (κ1) is 22.6. The summed E-state index contributed by atoms with van der Waals surface area (Å²) in [5.74, 6) is -1.67. The van der Waals surface area contributed by atoms with E-state index in [9.17, 15) is 24.1 Å². The molecule has 10 heteroatoms. The lowest BCUT2D eigenvalue weighted by Crippen LogP contribution is -2.35. The van der Waals surface area contributed by atoms with Gasteiger partial charge in [-0.05, 0) is 57.2 Å². The molecule has 1 atom stereocenters. The van der Waals surface area contributed by atoms with Gasteiger partial charge in [0.1, 0.15) is 5.82 Å². The molecule has 0 fully saturated rings. The van der Waals surface area contributed by atoms with Crippen LogP contribution in [0.2, 0.25) is 0 Å². The molecule has 3 rings (SSSR count). The number of carbonyl (C=O) groups excluding carboxylic acids is 2. The predicted molar refractivity (Wildman–Crippen MR) is 113 cm³/mol. The molecular formula is C22H21FN4O5. The quantitative estimate of drug-likeness (QED) is 0.341. The van der Waals surface area contributed by atoms with E-state index in [-0.39, 0.29) is 17.9 Å². The molecule has 0 saturated heterocycles. The molecule has 0 aliphatic heterocycles. The van der Waals surface area contributed by atoms with Gasteiger partial charge in [-0.2, -0.15) is 5.10 Å². The van der Waals surface area contributed by atoms with Crippen molar-refractivity contribution in [1.82, 2.24) is 15.1 Å². The Morgan fingerprint density at radius 2 is 1.78 bits per heavy atom. The van der Waals surface area contributed by atoms with Crippen molar-refractivity contribution in [2.75, 3.05) is 6.61 Å². The Balaban J connectivity index is 1.97. The van der Waals surface area contributed by atoms with Crippen molar-refractivity contribution >= 4 is 17.6 Å². The fraction of sp³-hybridized carbons (Fsp3) is 0.227. The second-order valence-corrected chi connectivity index (χ2v) is 6.94. The number of nitro benzene ring substituents is 1. The maximum atomic E-state index is 13.3. The molecule has 0 aliphatic rings. The van der Waals surface area contributed by atoms with E-state index in [4.69, 9.17) is 4.74 Å². The normalized spacial score (nSPS) is 11.6. The molecule has 3 aromatic rings. The number of rotatable bonds is 7. The zero-order chi connectivity index (χ0) is 23.4. The summed E-state index contributed by atoms with van der Waals surface area (Å²) in [6, 6.07) is 9.55. The molecule has 0 radical (unpaired) electrons. The summed E-state index contributed by atoms with van der Waals surface area (Å²) in [5.41, 5.74) is 2.07. The van der Waals surface area contributed by atoms with Gasteiger partial charge >= 0.3 is 5.97 Å². The topological polar surface area (TPSA) is 116 Å². The van der Waals surface area contributed by atoms with E-state index in [1.807, 2.05) is 0 Å². The highest BCUT2D eigenvalue weighted by Gasteiger charge is 2.31.